The van der Waals surface area contributed by atoms with Crippen molar-refractivity contribution in [1.29, 1.82) is 0 Å². The molecular formula is C16H12N2O. The molecule has 0 unspecified atom stereocenters. The largest absolute Gasteiger partial charge is 0.456 e. The summed E-state index contributed by atoms with van der Waals surface area (Å²) in [6.45, 7) is 0. The van der Waals surface area contributed by atoms with Gasteiger partial charge in [-0.3, -0.25) is 0 Å². The lowest BCUT2D eigenvalue weighted by molar-refractivity contribution is 0.669. The third-order valence-electron chi connectivity index (χ3n) is 3.46. The zero-order valence-electron chi connectivity index (χ0n) is 10.5. The fraction of sp³-hybridized carbons (Fsp3) is 0.0625. The van der Waals surface area contributed by atoms with E-state index in [1.807, 2.05) is 54.3 Å². The molecule has 0 bridgehead atoms. The Labute approximate surface area is 110 Å². The maximum Gasteiger partial charge on any atom is 0.139 e. The number of hydrogen-bond acceptors (Lipinski definition) is 2. The highest BCUT2D eigenvalue weighted by atomic mass is 16.3. The molecule has 0 amide bonds. The molecule has 2 aromatic heterocycles. The van der Waals surface area contributed by atoms with Crippen molar-refractivity contribution in [2.24, 2.45) is 7.05 Å². The fourth-order valence-electron chi connectivity index (χ4n) is 2.51. The number of benzene rings is 2. The molecule has 0 radical (unpaired) electrons. The van der Waals surface area contributed by atoms with E-state index >= 15 is 0 Å². The maximum absolute atomic E-state index is 5.83. The normalized spacial score (nSPS) is 11.4. The predicted octanol–water partition coefficient (Wildman–Crippen LogP) is 3.99. The number of fused-ring (bicyclic) bond motifs is 3. The van der Waals surface area contributed by atoms with Crippen molar-refractivity contribution in [3.05, 3.63) is 54.9 Å². The van der Waals surface area contributed by atoms with Crippen LogP contribution in [0.2, 0.25) is 0 Å². The van der Waals surface area contributed by atoms with Crippen molar-refractivity contribution in [1.82, 2.24) is 9.55 Å². The van der Waals surface area contributed by atoms with E-state index in [2.05, 4.69) is 17.1 Å². The Morgan fingerprint density at radius 3 is 2.68 bits per heavy atom. The summed E-state index contributed by atoms with van der Waals surface area (Å²) in [7, 11) is 2.00. The minimum Gasteiger partial charge on any atom is -0.456 e. The zero-order valence-corrected chi connectivity index (χ0v) is 10.5. The summed E-state index contributed by atoms with van der Waals surface area (Å²) in [5.41, 5.74) is 2.94. The number of para-hydroxylation sites is 1. The number of aromatic nitrogens is 2. The Morgan fingerprint density at radius 1 is 1.00 bits per heavy atom. The molecule has 2 heterocycles. The lowest BCUT2D eigenvalue weighted by atomic mass is 10.1. The summed E-state index contributed by atoms with van der Waals surface area (Å²) < 4.78 is 7.85. The molecule has 0 saturated carbocycles. The number of rotatable bonds is 1. The van der Waals surface area contributed by atoms with Crippen LogP contribution in [0.1, 0.15) is 0 Å². The lowest BCUT2D eigenvalue weighted by Gasteiger charge is -2.01. The van der Waals surface area contributed by atoms with Gasteiger partial charge in [0.25, 0.3) is 0 Å². The third kappa shape index (κ3) is 1.48. The molecule has 0 saturated heterocycles. The monoisotopic (exact) mass is 248 g/mol. The average Bonchev–Trinajstić information content (AvgIpc) is 3.01. The molecule has 0 aliphatic heterocycles. The number of hydrogen-bond donors (Lipinski definition) is 0. The lowest BCUT2D eigenvalue weighted by Crippen LogP contribution is -1.90. The van der Waals surface area contributed by atoms with Gasteiger partial charge in [-0.1, -0.05) is 18.2 Å². The Hall–Kier alpha value is -2.55. The van der Waals surface area contributed by atoms with Gasteiger partial charge in [0.15, 0.2) is 0 Å². The zero-order chi connectivity index (χ0) is 12.8. The summed E-state index contributed by atoms with van der Waals surface area (Å²) in [4.78, 5) is 4.39. The van der Waals surface area contributed by atoms with Gasteiger partial charge < -0.3 is 8.98 Å². The van der Waals surface area contributed by atoms with E-state index in [1.165, 1.54) is 0 Å². The van der Waals surface area contributed by atoms with Crippen molar-refractivity contribution in [3.63, 3.8) is 0 Å². The minimum atomic E-state index is 0.916. The van der Waals surface area contributed by atoms with Gasteiger partial charge in [0.2, 0.25) is 0 Å². The van der Waals surface area contributed by atoms with Gasteiger partial charge in [0, 0.05) is 35.8 Å². The van der Waals surface area contributed by atoms with E-state index in [0.29, 0.717) is 0 Å². The van der Waals surface area contributed by atoms with Gasteiger partial charge in [-0.15, -0.1) is 0 Å². The number of aryl methyl sites for hydroxylation is 1. The van der Waals surface area contributed by atoms with E-state index in [-0.39, 0.29) is 0 Å². The second-order valence-corrected chi connectivity index (χ2v) is 4.67. The van der Waals surface area contributed by atoms with E-state index in [1.54, 1.807) is 0 Å². The molecule has 4 rings (SSSR count). The van der Waals surface area contributed by atoms with Crippen LogP contribution in [-0.2, 0) is 7.05 Å². The number of furan rings is 1. The number of nitrogens with zero attached hydrogens (tertiary/aromatic N) is 2. The first-order chi connectivity index (χ1) is 9.33. The molecule has 2 aromatic carbocycles. The SMILES string of the molecule is Cn1ccnc1-c1ccc2oc3ccccc3c2c1. The third-order valence-corrected chi connectivity index (χ3v) is 3.46. The molecule has 0 spiro atoms. The standard InChI is InChI=1S/C16H12N2O/c1-18-9-8-17-16(18)11-6-7-15-13(10-11)12-4-2-3-5-14(12)19-15/h2-10H,1H3. The smallest absolute Gasteiger partial charge is 0.139 e. The molecule has 3 heteroatoms. The Morgan fingerprint density at radius 2 is 1.84 bits per heavy atom. The highest BCUT2D eigenvalue weighted by Gasteiger charge is 2.09. The first-order valence-electron chi connectivity index (χ1n) is 6.22. The van der Waals surface area contributed by atoms with Crippen molar-refractivity contribution in [3.8, 4) is 11.4 Å². The van der Waals surface area contributed by atoms with E-state index in [4.69, 9.17) is 4.42 Å². The topological polar surface area (TPSA) is 31.0 Å². The van der Waals surface area contributed by atoms with Crippen molar-refractivity contribution >= 4 is 21.9 Å². The summed E-state index contributed by atoms with van der Waals surface area (Å²) in [5.74, 6) is 0.965. The van der Waals surface area contributed by atoms with E-state index in [9.17, 15) is 0 Å². The average molecular weight is 248 g/mol. The maximum atomic E-state index is 5.83. The van der Waals surface area contributed by atoms with Crippen LogP contribution in [0.15, 0.2) is 59.3 Å². The highest BCUT2D eigenvalue weighted by Crippen LogP contribution is 2.31. The molecule has 92 valence electrons. The molecule has 4 aromatic rings. The van der Waals surface area contributed by atoms with Gasteiger partial charge in [0.1, 0.15) is 17.0 Å². The van der Waals surface area contributed by atoms with Crippen LogP contribution >= 0.6 is 0 Å². The van der Waals surface area contributed by atoms with E-state index < -0.39 is 0 Å². The van der Waals surface area contributed by atoms with Crippen LogP contribution in [0, 0.1) is 0 Å². The summed E-state index contributed by atoms with van der Waals surface area (Å²) in [6, 6.07) is 14.3. The van der Waals surface area contributed by atoms with Crippen LogP contribution in [0.25, 0.3) is 33.3 Å². The van der Waals surface area contributed by atoms with Crippen molar-refractivity contribution in [2.75, 3.05) is 0 Å². The minimum absolute atomic E-state index is 0.916. The highest BCUT2D eigenvalue weighted by molar-refractivity contribution is 6.06. The van der Waals surface area contributed by atoms with Crippen molar-refractivity contribution in [2.45, 2.75) is 0 Å². The second kappa shape index (κ2) is 3.72. The van der Waals surface area contributed by atoms with Crippen molar-refractivity contribution < 1.29 is 4.42 Å². The molecular weight excluding hydrogens is 236 g/mol. The second-order valence-electron chi connectivity index (χ2n) is 4.67. The first-order valence-corrected chi connectivity index (χ1v) is 6.22. The Kier molecular flexibility index (Phi) is 2.03. The molecule has 0 atom stereocenters. The summed E-state index contributed by atoms with van der Waals surface area (Å²) >= 11 is 0. The summed E-state index contributed by atoms with van der Waals surface area (Å²) in [6.07, 6.45) is 3.76. The fourth-order valence-corrected chi connectivity index (χ4v) is 2.51. The van der Waals surface area contributed by atoms with Gasteiger partial charge in [-0.05, 0) is 24.3 Å². The van der Waals surface area contributed by atoms with Crippen LogP contribution < -0.4 is 0 Å². The van der Waals surface area contributed by atoms with Crippen LogP contribution in [0.5, 0.6) is 0 Å². The number of imidazole rings is 1. The molecule has 0 aliphatic rings. The Balaban J connectivity index is 2.05. The van der Waals surface area contributed by atoms with E-state index in [0.717, 1.165) is 33.3 Å². The molecule has 0 fully saturated rings. The molecule has 0 N–H and O–H groups in total. The summed E-state index contributed by atoms with van der Waals surface area (Å²) in [5, 5.41) is 2.28. The Bertz CT molecular complexity index is 886. The molecule has 19 heavy (non-hydrogen) atoms. The van der Waals surface area contributed by atoms with Gasteiger partial charge in [-0.2, -0.15) is 0 Å². The van der Waals surface area contributed by atoms with Gasteiger partial charge in [-0.25, -0.2) is 4.98 Å². The molecule has 0 aliphatic carbocycles. The molecule has 3 nitrogen and oxygen atoms in total. The quantitative estimate of drug-likeness (QED) is 0.510. The van der Waals surface area contributed by atoms with Gasteiger partial charge >= 0.3 is 0 Å². The van der Waals surface area contributed by atoms with Crippen LogP contribution in [-0.4, -0.2) is 9.55 Å². The first kappa shape index (κ1) is 10.4. The predicted molar refractivity (Wildman–Crippen MR) is 75.9 cm³/mol. The van der Waals surface area contributed by atoms with Crippen LogP contribution in [0.3, 0.4) is 0 Å². The van der Waals surface area contributed by atoms with Crippen LogP contribution in [0.4, 0.5) is 0 Å². The van der Waals surface area contributed by atoms with Gasteiger partial charge in [0.05, 0.1) is 0 Å².